The quantitative estimate of drug-likeness (QED) is 0.822. The van der Waals surface area contributed by atoms with Crippen molar-refractivity contribution in [3.8, 4) is 0 Å². The van der Waals surface area contributed by atoms with E-state index in [1.165, 1.54) is 4.68 Å². The van der Waals surface area contributed by atoms with E-state index in [1.807, 2.05) is 13.8 Å². The summed E-state index contributed by atoms with van der Waals surface area (Å²) in [6.45, 7) is 3.38. The number of carboxylic acid groups (broad SMARTS) is 1. The van der Waals surface area contributed by atoms with E-state index in [0.717, 1.165) is 0 Å². The summed E-state index contributed by atoms with van der Waals surface area (Å²) in [6, 6.07) is 3.00. The number of nitrogens with zero attached hydrogens (tertiary/aromatic N) is 2. The van der Waals surface area contributed by atoms with Gasteiger partial charge >= 0.3 is 11.7 Å². The molecule has 0 unspecified atom stereocenters. The summed E-state index contributed by atoms with van der Waals surface area (Å²) in [6.07, 6.45) is 0.159. The van der Waals surface area contributed by atoms with Crippen molar-refractivity contribution in [2.45, 2.75) is 26.3 Å². The fourth-order valence-corrected chi connectivity index (χ4v) is 2.55. The number of hydrogen-bond donors (Lipinski definition) is 2. The number of nitrogens with one attached hydrogen (secondary N) is 1. The standard InChI is InChI=1S/C14H15Cl2N3O4/c1-7(2)19-14(22)23-12(18-19)5-9-10(15)3-8(4-11(9)16)17-6-13(20)21/h3-4,7,17H,5-6H2,1-2H3,(H,20,21). The molecule has 2 aromatic rings. The third kappa shape index (κ3) is 4.27. The Bertz CT molecular complexity index is 760. The Morgan fingerprint density at radius 2 is 2.00 bits per heavy atom. The van der Waals surface area contributed by atoms with Gasteiger partial charge in [0.05, 0.1) is 12.5 Å². The van der Waals surface area contributed by atoms with E-state index in [-0.39, 0.29) is 24.9 Å². The molecule has 0 bridgehead atoms. The van der Waals surface area contributed by atoms with Gasteiger partial charge in [-0.15, -0.1) is 5.10 Å². The molecule has 0 aliphatic rings. The summed E-state index contributed by atoms with van der Waals surface area (Å²) < 4.78 is 6.32. The van der Waals surface area contributed by atoms with Gasteiger partial charge in [0.2, 0.25) is 5.89 Å². The fraction of sp³-hybridized carbons (Fsp3) is 0.357. The van der Waals surface area contributed by atoms with Crippen LogP contribution in [0.25, 0.3) is 0 Å². The van der Waals surface area contributed by atoms with Gasteiger partial charge in [-0.2, -0.15) is 4.68 Å². The van der Waals surface area contributed by atoms with Crippen LogP contribution in [-0.2, 0) is 11.2 Å². The molecule has 0 aliphatic carbocycles. The van der Waals surface area contributed by atoms with Crippen molar-refractivity contribution in [3.63, 3.8) is 0 Å². The largest absolute Gasteiger partial charge is 0.480 e. The smallest absolute Gasteiger partial charge is 0.437 e. The van der Waals surface area contributed by atoms with Gasteiger partial charge in [-0.05, 0) is 31.5 Å². The lowest BCUT2D eigenvalue weighted by Gasteiger charge is -2.09. The van der Waals surface area contributed by atoms with Crippen LogP contribution < -0.4 is 11.1 Å². The zero-order valence-electron chi connectivity index (χ0n) is 12.5. The van der Waals surface area contributed by atoms with Crippen LogP contribution in [-0.4, -0.2) is 27.4 Å². The molecule has 0 atom stereocenters. The first-order valence-electron chi connectivity index (χ1n) is 6.80. The van der Waals surface area contributed by atoms with Gasteiger partial charge in [0.15, 0.2) is 0 Å². The second-order valence-corrected chi connectivity index (χ2v) is 5.96. The molecule has 7 nitrogen and oxygen atoms in total. The maximum atomic E-state index is 11.6. The van der Waals surface area contributed by atoms with Crippen LogP contribution in [0, 0.1) is 0 Å². The van der Waals surface area contributed by atoms with E-state index in [1.54, 1.807) is 12.1 Å². The van der Waals surface area contributed by atoms with E-state index in [4.69, 9.17) is 32.7 Å². The molecule has 0 amide bonds. The molecule has 2 N–H and O–H groups in total. The average molecular weight is 360 g/mol. The molecule has 1 heterocycles. The SMILES string of the molecule is CC(C)n1nc(Cc2c(Cl)cc(NCC(=O)O)cc2Cl)oc1=O. The van der Waals surface area contributed by atoms with Gasteiger partial charge in [0.1, 0.15) is 6.54 Å². The molecule has 0 fully saturated rings. The first-order valence-corrected chi connectivity index (χ1v) is 7.55. The zero-order chi connectivity index (χ0) is 17.1. The van der Waals surface area contributed by atoms with Crippen molar-refractivity contribution in [3.05, 3.63) is 44.2 Å². The lowest BCUT2D eigenvalue weighted by atomic mass is 10.1. The number of hydrogen-bond acceptors (Lipinski definition) is 5. The Labute approximate surface area is 141 Å². The Morgan fingerprint density at radius 3 is 2.48 bits per heavy atom. The van der Waals surface area contributed by atoms with Gasteiger partial charge in [0, 0.05) is 15.7 Å². The highest BCUT2D eigenvalue weighted by molar-refractivity contribution is 6.36. The van der Waals surface area contributed by atoms with E-state index < -0.39 is 11.7 Å². The van der Waals surface area contributed by atoms with Gasteiger partial charge < -0.3 is 14.8 Å². The Kier molecular flexibility index (Phi) is 5.33. The number of rotatable bonds is 6. The lowest BCUT2D eigenvalue weighted by molar-refractivity contribution is -0.134. The van der Waals surface area contributed by atoms with E-state index >= 15 is 0 Å². The molecule has 0 saturated heterocycles. The van der Waals surface area contributed by atoms with Gasteiger partial charge in [0.25, 0.3) is 0 Å². The monoisotopic (exact) mass is 359 g/mol. The third-order valence-electron chi connectivity index (χ3n) is 3.01. The maximum Gasteiger partial charge on any atom is 0.437 e. The first-order chi connectivity index (χ1) is 10.8. The summed E-state index contributed by atoms with van der Waals surface area (Å²) in [5, 5.41) is 16.1. The Hall–Kier alpha value is -1.99. The first kappa shape index (κ1) is 17.4. The summed E-state index contributed by atoms with van der Waals surface area (Å²) in [7, 11) is 0. The highest BCUT2D eigenvalue weighted by Crippen LogP contribution is 2.30. The molecule has 0 radical (unpaired) electrons. The number of carbonyl (C=O) groups is 1. The van der Waals surface area contributed by atoms with E-state index in [0.29, 0.717) is 21.3 Å². The van der Waals surface area contributed by atoms with Crippen molar-refractivity contribution >= 4 is 34.9 Å². The molecule has 9 heteroatoms. The number of anilines is 1. The van der Waals surface area contributed by atoms with Gasteiger partial charge in [-0.25, -0.2) is 4.79 Å². The molecule has 1 aromatic heterocycles. The summed E-state index contributed by atoms with van der Waals surface area (Å²) >= 11 is 12.4. The van der Waals surface area contributed by atoms with Gasteiger partial charge in [-0.3, -0.25) is 4.79 Å². The van der Waals surface area contributed by atoms with Crippen LogP contribution in [0.5, 0.6) is 0 Å². The Morgan fingerprint density at radius 1 is 1.39 bits per heavy atom. The molecule has 23 heavy (non-hydrogen) atoms. The Balaban J connectivity index is 2.25. The summed E-state index contributed by atoms with van der Waals surface area (Å²) in [4.78, 5) is 22.2. The van der Waals surface area contributed by atoms with Crippen molar-refractivity contribution in [1.29, 1.82) is 0 Å². The second kappa shape index (κ2) is 7.06. The van der Waals surface area contributed by atoms with Crippen molar-refractivity contribution in [1.82, 2.24) is 9.78 Å². The van der Waals surface area contributed by atoms with Crippen molar-refractivity contribution in [2.24, 2.45) is 0 Å². The molecule has 0 aliphatic heterocycles. The van der Waals surface area contributed by atoms with E-state index in [2.05, 4.69) is 10.4 Å². The van der Waals surface area contributed by atoms with Crippen LogP contribution in [0.3, 0.4) is 0 Å². The number of halogens is 2. The number of aliphatic carboxylic acids is 1. The lowest BCUT2D eigenvalue weighted by Crippen LogP contribution is -2.17. The normalized spacial score (nSPS) is 11.0. The minimum absolute atomic E-state index is 0.117. The minimum Gasteiger partial charge on any atom is -0.480 e. The molecule has 0 saturated carbocycles. The van der Waals surface area contributed by atoms with Crippen molar-refractivity contribution < 1.29 is 14.3 Å². The van der Waals surface area contributed by atoms with E-state index in [9.17, 15) is 9.59 Å². The molecule has 0 spiro atoms. The molecular weight excluding hydrogens is 345 g/mol. The maximum absolute atomic E-state index is 11.6. The average Bonchev–Trinajstić information content (AvgIpc) is 2.81. The fourth-order valence-electron chi connectivity index (χ4n) is 1.93. The van der Waals surface area contributed by atoms with Crippen LogP contribution in [0.4, 0.5) is 5.69 Å². The molecule has 2 rings (SSSR count). The number of aromatic nitrogens is 2. The minimum atomic E-state index is -0.998. The van der Waals surface area contributed by atoms with Gasteiger partial charge in [-0.1, -0.05) is 23.2 Å². The van der Waals surface area contributed by atoms with Crippen LogP contribution in [0.15, 0.2) is 21.3 Å². The van der Waals surface area contributed by atoms with Crippen LogP contribution >= 0.6 is 23.2 Å². The summed E-state index contributed by atoms with van der Waals surface area (Å²) in [5.41, 5.74) is 1.03. The number of benzene rings is 1. The van der Waals surface area contributed by atoms with Crippen molar-refractivity contribution in [2.75, 3.05) is 11.9 Å². The molecule has 1 aromatic carbocycles. The van der Waals surface area contributed by atoms with Crippen LogP contribution in [0.2, 0.25) is 10.0 Å². The second-order valence-electron chi connectivity index (χ2n) is 5.14. The number of carboxylic acids is 1. The highest BCUT2D eigenvalue weighted by Gasteiger charge is 2.15. The predicted octanol–water partition coefficient (Wildman–Crippen LogP) is 2.81. The predicted molar refractivity (Wildman–Crippen MR) is 86.5 cm³/mol. The zero-order valence-corrected chi connectivity index (χ0v) is 14.0. The molecular formula is C14H15Cl2N3O4. The summed E-state index contributed by atoms with van der Waals surface area (Å²) in [5.74, 6) is -1.33. The molecule has 124 valence electrons. The highest BCUT2D eigenvalue weighted by atomic mass is 35.5. The topological polar surface area (TPSA) is 97.4 Å². The third-order valence-corrected chi connectivity index (χ3v) is 3.69. The van der Waals surface area contributed by atoms with Crippen LogP contribution in [0.1, 0.15) is 31.3 Å².